The number of hydrogen-bond acceptors (Lipinski definition) is 6. The van der Waals surface area contributed by atoms with Gasteiger partial charge >= 0.3 is 11.7 Å². The van der Waals surface area contributed by atoms with E-state index in [1.54, 1.807) is 12.1 Å². The number of esters is 1. The van der Waals surface area contributed by atoms with Crippen molar-refractivity contribution >= 4 is 29.2 Å². The Balaban J connectivity index is 1.89. The Morgan fingerprint density at radius 2 is 1.89 bits per heavy atom. The highest BCUT2D eigenvalue weighted by molar-refractivity contribution is 6.30. The number of nitrogens with zero attached hydrogens (tertiary/aromatic N) is 1. The number of nitro benzene ring substituents is 1. The van der Waals surface area contributed by atoms with Gasteiger partial charge in [0.2, 0.25) is 0 Å². The molecule has 0 saturated heterocycles. The second-order valence-electron chi connectivity index (χ2n) is 5.45. The maximum absolute atomic E-state index is 11.9. The van der Waals surface area contributed by atoms with Crippen LogP contribution in [0, 0.1) is 10.1 Å². The molecule has 0 radical (unpaired) electrons. The number of rotatable bonds is 8. The summed E-state index contributed by atoms with van der Waals surface area (Å²) in [7, 11) is 1.17. The van der Waals surface area contributed by atoms with Gasteiger partial charge in [-0.05, 0) is 36.2 Å². The summed E-state index contributed by atoms with van der Waals surface area (Å²) in [6.07, 6.45) is 0.608. The molecule has 0 aliphatic heterocycles. The van der Waals surface area contributed by atoms with Gasteiger partial charge in [-0.25, -0.2) is 4.79 Å². The number of carbonyl (C=O) groups is 2. The first-order valence-corrected chi connectivity index (χ1v) is 8.29. The zero-order valence-electron chi connectivity index (χ0n) is 14.4. The minimum absolute atomic E-state index is 0.0176. The van der Waals surface area contributed by atoms with Crippen molar-refractivity contribution in [3.8, 4) is 5.75 Å². The average molecular weight is 393 g/mol. The summed E-state index contributed by atoms with van der Waals surface area (Å²) >= 11 is 5.81. The zero-order valence-corrected chi connectivity index (χ0v) is 15.2. The van der Waals surface area contributed by atoms with Crippen molar-refractivity contribution in [3.63, 3.8) is 0 Å². The van der Waals surface area contributed by atoms with E-state index in [0.717, 1.165) is 11.6 Å². The predicted octanol–water partition coefficient (Wildman–Crippen LogP) is 2.77. The lowest BCUT2D eigenvalue weighted by atomic mass is 10.1. The summed E-state index contributed by atoms with van der Waals surface area (Å²) in [5.41, 5.74) is 0.602. The third kappa shape index (κ3) is 5.96. The Morgan fingerprint density at radius 3 is 2.52 bits per heavy atom. The summed E-state index contributed by atoms with van der Waals surface area (Å²) in [4.78, 5) is 33.8. The van der Waals surface area contributed by atoms with E-state index in [4.69, 9.17) is 16.3 Å². The van der Waals surface area contributed by atoms with Crippen LogP contribution < -0.4 is 10.1 Å². The fourth-order valence-electron chi connectivity index (χ4n) is 2.22. The van der Waals surface area contributed by atoms with Gasteiger partial charge in [0, 0.05) is 17.6 Å². The molecule has 2 rings (SSSR count). The van der Waals surface area contributed by atoms with E-state index < -0.39 is 22.5 Å². The first-order chi connectivity index (χ1) is 12.9. The Labute approximate surface area is 160 Å². The molecule has 0 heterocycles. The molecule has 0 atom stereocenters. The van der Waals surface area contributed by atoms with E-state index in [9.17, 15) is 19.7 Å². The quantitative estimate of drug-likeness (QED) is 0.420. The maximum atomic E-state index is 11.9. The first kappa shape index (κ1) is 20.2. The molecule has 0 unspecified atom stereocenters. The summed E-state index contributed by atoms with van der Waals surface area (Å²) in [6.45, 7) is -0.00771. The van der Waals surface area contributed by atoms with Crippen LogP contribution in [-0.2, 0) is 16.0 Å². The minimum atomic E-state index is -0.704. The molecule has 0 spiro atoms. The van der Waals surface area contributed by atoms with Crippen LogP contribution in [0.25, 0.3) is 0 Å². The molecule has 0 bridgehead atoms. The smallest absolute Gasteiger partial charge is 0.338 e. The highest BCUT2D eigenvalue weighted by atomic mass is 35.5. The van der Waals surface area contributed by atoms with Gasteiger partial charge in [-0.2, -0.15) is 0 Å². The van der Waals surface area contributed by atoms with Crippen molar-refractivity contribution in [3.05, 3.63) is 68.7 Å². The number of hydrogen-bond donors (Lipinski definition) is 1. The second kappa shape index (κ2) is 9.54. The third-order valence-electron chi connectivity index (χ3n) is 3.58. The zero-order chi connectivity index (χ0) is 19.8. The summed E-state index contributed by atoms with van der Waals surface area (Å²) < 4.78 is 9.75. The number of nitro groups is 1. The number of amides is 1. The fraction of sp³-hybridized carbons (Fsp3) is 0.222. The van der Waals surface area contributed by atoms with E-state index in [0.29, 0.717) is 18.0 Å². The first-order valence-electron chi connectivity index (χ1n) is 7.91. The predicted molar refractivity (Wildman–Crippen MR) is 98.1 cm³/mol. The lowest BCUT2D eigenvalue weighted by Gasteiger charge is -2.09. The van der Waals surface area contributed by atoms with Crippen LogP contribution in [-0.4, -0.2) is 37.1 Å². The monoisotopic (exact) mass is 392 g/mol. The molecule has 0 saturated carbocycles. The largest absolute Gasteiger partial charge is 0.477 e. The number of carbonyl (C=O) groups excluding carboxylic acids is 2. The van der Waals surface area contributed by atoms with Crippen molar-refractivity contribution < 1.29 is 24.0 Å². The third-order valence-corrected chi connectivity index (χ3v) is 3.84. The molecule has 0 aliphatic rings. The molecular weight excluding hydrogens is 376 g/mol. The number of halogens is 1. The lowest BCUT2D eigenvalue weighted by Crippen LogP contribution is -2.30. The van der Waals surface area contributed by atoms with Crippen LogP contribution in [0.5, 0.6) is 5.75 Å². The maximum Gasteiger partial charge on any atom is 0.338 e. The van der Waals surface area contributed by atoms with Crippen LogP contribution in [0.3, 0.4) is 0 Å². The van der Waals surface area contributed by atoms with E-state index in [-0.39, 0.29) is 17.9 Å². The molecule has 9 heteroatoms. The molecule has 8 nitrogen and oxygen atoms in total. The number of ether oxygens (including phenoxy) is 2. The molecule has 1 N–H and O–H groups in total. The van der Waals surface area contributed by atoms with Crippen molar-refractivity contribution in [2.24, 2.45) is 0 Å². The Kier molecular flexibility index (Phi) is 7.13. The Hall–Kier alpha value is -3.13. The SMILES string of the molecule is COC(=O)c1ccc(OCC(=O)NCCc2ccc(Cl)cc2)c([N+](=O)[O-])c1. The molecule has 2 aromatic rings. The molecule has 2 aromatic carbocycles. The summed E-state index contributed by atoms with van der Waals surface area (Å²) in [6, 6.07) is 10.9. The molecule has 0 aromatic heterocycles. The Bertz CT molecular complexity index is 838. The molecule has 27 heavy (non-hydrogen) atoms. The van der Waals surface area contributed by atoms with Gasteiger partial charge in [0.15, 0.2) is 12.4 Å². The van der Waals surface area contributed by atoms with Gasteiger partial charge in [-0.15, -0.1) is 0 Å². The van der Waals surface area contributed by atoms with Crippen LogP contribution in [0.1, 0.15) is 15.9 Å². The van der Waals surface area contributed by atoms with Crippen LogP contribution in [0.15, 0.2) is 42.5 Å². The van der Waals surface area contributed by atoms with E-state index in [2.05, 4.69) is 10.1 Å². The number of methoxy groups -OCH3 is 1. The molecule has 0 fully saturated rings. The van der Waals surface area contributed by atoms with Crippen molar-refractivity contribution in [1.29, 1.82) is 0 Å². The molecule has 142 valence electrons. The molecule has 0 aliphatic carbocycles. The topological polar surface area (TPSA) is 108 Å². The van der Waals surface area contributed by atoms with Gasteiger partial charge in [0.05, 0.1) is 17.6 Å². The van der Waals surface area contributed by atoms with Gasteiger partial charge < -0.3 is 14.8 Å². The second-order valence-corrected chi connectivity index (χ2v) is 5.88. The van der Waals surface area contributed by atoms with Gasteiger partial charge in [0.25, 0.3) is 5.91 Å². The minimum Gasteiger partial charge on any atom is -0.477 e. The van der Waals surface area contributed by atoms with E-state index >= 15 is 0 Å². The molecule has 1 amide bonds. The average Bonchev–Trinajstić information content (AvgIpc) is 2.67. The number of nitrogens with one attached hydrogen (secondary N) is 1. The van der Waals surface area contributed by atoms with Gasteiger partial charge in [-0.1, -0.05) is 23.7 Å². The standard InChI is InChI=1S/C18H17ClN2O6/c1-26-18(23)13-4-7-16(15(10-13)21(24)25)27-11-17(22)20-9-8-12-2-5-14(19)6-3-12/h2-7,10H,8-9,11H2,1H3,(H,20,22). The molecular formula is C18H17ClN2O6. The lowest BCUT2D eigenvalue weighted by molar-refractivity contribution is -0.385. The normalized spacial score (nSPS) is 10.1. The Morgan fingerprint density at radius 1 is 1.19 bits per heavy atom. The van der Waals surface area contributed by atoms with Gasteiger partial charge in [-0.3, -0.25) is 14.9 Å². The number of benzene rings is 2. The van der Waals surface area contributed by atoms with E-state index in [1.165, 1.54) is 19.2 Å². The summed E-state index contributed by atoms with van der Waals surface area (Å²) in [5, 5.41) is 14.4. The van der Waals surface area contributed by atoms with Gasteiger partial charge in [0.1, 0.15) is 0 Å². The van der Waals surface area contributed by atoms with Crippen LogP contribution in [0.4, 0.5) is 5.69 Å². The van der Waals surface area contributed by atoms with Crippen LogP contribution >= 0.6 is 11.6 Å². The van der Waals surface area contributed by atoms with Crippen LogP contribution in [0.2, 0.25) is 5.02 Å². The fourth-order valence-corrected chi connectivity index (χ4v) is 2.34. The highest BCUT2D eigenvalue weighted by Crippen LogP contribution is 2.28. The van der Waals surface area contributed by atoms with Crippen molar-refractivity contribution in [1.82, 2.24) is 5.32 Å². The van der Waals surface area contributed by atoms with Crippen molar-refractivity contribution in [2.75, 3.05) is 20.3 Å². The van der Waals surface area contributed by atoms with Crippen molar-refractivity contribution in [2.45, 2.75) is 6.42 Å². The highest BCUT2D eigenvalue weighted by Gasteiger charge is 2.19. The van der Waals surface area contributed by atoms with E-state index in [1.807, 2.05) is 12.1 Å². The summed E-state index contributed by atoms with van der Waals surface area (Å²) in [5.74, 6) is -1.24.